The zero-order valence-electron chi connectivity index (χ0n) is 8.20. The van der Waals surface area contributed by atoms with Crippen LogP contribution in [-0.2, 0) is 6.42 Å². The Bertz CT molecular complexity index is 301. The molecule has 1 aliphatic carbocycles. The second-order valence-corrected chi connectivity index (χ2v) is 3.76. The molecule has 0 aromatic carbocycles. The monoisotopic (exact) mass is 180 g/mol. The highest BCUT2D eigenvalue weighted by atomic mass is 15.4. The van der Waals surface area contributed by atoms with Gasteiger partial charge >= 0.3 is 0 Å². The molecular weight excluding hydrogens is 164 g/mol. The topological polar surface area (TPSA) is 56.7 Å². The second-order valence-electron chi connectivity index (χ2n) is 3.76. The molecule has 1 unspecified atom stereocenters. The summed E-state index contributed by atoms with van der Waals surface area (Å²) >= 11 is 0. The predicted molar refractivity (Wildman–Crippen MR) is 51.2 cm³/mol. The Balaban J connectivity index is 2.22. The van der Waals surface area contributed by atoms with E-state index in [0.717, 1.165) is 18.2 Å². The predicted octanol–water partition coefficient (Wildman–Crippen LogP) is 1.39. The van der Waals surface area contributed by atoms with Crippen LogP contribution in [0, 0.1) is 5.92 Å². The van der Waals surface area contributed by atoms with E-state index < -0.39 is 0 Å². The Morgan fingerprint density at radius 2 is 2.31 bits per heavy atom. The third-order valence-electron chi connectivity index (χ3n) is 2.71. The lowest BCUT2D eigenvalue weighted by Gasteiger charge is -2.10. The third-order valence-corrected chi connectivity index (χ3v) is 2.71. The maximum absolute atomic E-state index is 5.77. The van der Waals surface area contributed by atoms with E-state index in [1.807, 2.05) is 11.6 Å². The number of hydrogen-bond acceptors (Lipinski definition) is 3. The van der Waals surface area contributed by atoms with Crippen LogP contribution >= 0.6 is 0 Å². The first-order valence-electron chi connectivity index (χ1n) is 4.93. The molecule has 0 bridgehead atoms. The number of hydrogen-bond donors (Lipinski definition) is 1. The van der Waals surface area contributed by atoms with Gasteiger partial charge in [-0.15, -0.1) is 0 Å². The van der Waals surface area contributed by atoms with Crippen LogP contribution in [0.25, 0.3) is 0 Å². The lowest BCUT2D eigenvalue weighted by atomic mass is 10.2. The minimum absolute atomic E-state index is 0.424. The van der Waals surface area contributed by atoms with Crippen molar-refractivity contribution >= 4 is 5.95 Å². The van der Waals surface area contributed by atoms with Crippen LogP contribution in [0.2, 0.25) is 0 Å². The lowest BCUT2D eigenvalue weighted by molar-refractivity contribution is 0.443. The second kappa shape index (κ2) is 3.01. The summed E-state index contributed by atoms with van der Waals surface area (Å²) in [5, 5.41) is 4.37. The van der Waals surface area contributed by atoms with Gasteiger partial charge < -0.3 is 5.73 Å². The molecule has 1 atom stereocenters. The molecule has 0 saturated heterocycles. The zero-order chi connectivity index (χ0) is 9.42. The van der Waals surface area contributed by atoms with Crippen molar-refractivity contribution in [3.05, 3.63) is 5.82 Å². The summed E-state index contributed by atoms with van der Waals surface area (Å²) in [5.74, 6) is 2.19. The highest BCUT2D eigenvalue weighted by Crippen LogP contribution is 2.39. The number of nitrogens with two attached hydrogens (primary N) is 1. The highest BCUT2D eigenvalue weighted by Gasteiger charge is 2.30. The van der Waals surface area contributed by atoms with Crippen molar-refractivity contribution in [3.8, 4) is 0 Å². The van der Waals surface area contributed by atoms with Crippen LogP contribution in [0.15, 0.2) is 0 Å². The molecule has 1 fully saturated rings. The molecule has 1 aromatic rings. The van der Waals surface area contributed by atoms with Gasteiger partial charge in [-0.2, -0.15) is 10.1 Å². The van der Waals surface area contributed by atoms with E-state index in [2.05, 4.69) is 17.0 Å². The average molecular weight is 180 g/mol. The van der Waals surface area contributed by atoms with Gasteiger partial charge in [-0.1, -0.05) is 6.92 Å². The molecule has 0 aliphatic heterocycles. The van der Waals surface area contributed by atoms with Crippen molar-refractivity contribution in [3.63, 3.8) is 0 Å². The van der Waals surface area contributed by atoms with Crippen LogP contribution in [0.1, 0.15) is 38.6 Å². The van der Waals surface area contributed by atoms with Crippen LogP contribution in [0.5, 0.6) is 0 Å². The molecule has 1 aliphatic rings. The van der Waals surface area contributed by atoms with E-state index in [0.29, 0.717) is 12.0 Å². The molecule has 2 N–H and O–H groups in total. The molecule has 1 saturated carbocycles. The molecule has 1 aromatic heterocycles. The number of aryl methyl sites for hydroxylation is 1. The van der Waals surface area contributed by atoms with Crippen LogP contribution in [0.4, 0.5) is 5.95 Å². The molecule has 72 valence electrons. The maximum Gasteiger partial charge on any atom is 0.218 e. The summed E-state index contributed by atoms with van der Waals surface area (Å²) in [5.41, 5.74) is 5.77. The largest absolute Gasteiger partial charge is 0.368 e. The minimum atomic E-state index is 0.424. The van der Waals surface area contributed by atoms with Gasteiger partial charge in [-0.25, -0.2) is 4.68 Å². The number of nitrogens with zero attached hydrogens (tertiary/aromatic N) is 3. The van der Waals surface area contributed by atoms with Crippen LogP contribution in [0.3, 0.4) is 0 Å². The van der Waals surface area contributed by atoms with Crippen molar-refractivity contribution in [2.45, 2.75) is 39.2 Å². The van der Waals surface area contributed by atoms with Gasteiger partial charge in [0, 0.05) is 6.42 Å². The number of aromatic nitrogens is 3. The summed E-state index contributed by atoms with van der Waals surface area (Å²) < 4.78 is 1.87. The Hall–Kier alpha value is -1.06. The summed E-state index contributed by atoms with van der Waals surface area (Å²) in [4.78, 5) is 4.19. The quantitative estimate of drug-likeness (QED) is 0.764. The SMILES string of the molecule is CCc1nc(N)n(C(C)C2CC2)n1. The molecule has 0 radical (unpaired) electrons. The average Bonchev–Trinajstić information content (AvgIpc) is 2.89. The third kappa shape index (κ3) is 1.53. The molecular formula is C9H16N4. The Kier molecular flexibility index (Phi) is 1.98. The van der Waals surface area contributed by atoms with E-state index in [9.17, 15) is 0 Å². The van der Waals surface area contributed by atoms with Crippen LogP contribution < -0.4 is 5.73 Å². The van der Waals surface area contributed by atoms with Crippen molar-refractivity contribution in [2.75, 3.05) is 5.73 Å². The first-order valence-corrected chi connectivity index (χ1v) is 4.93. The Labute approximate surface area is 78.1 Å². The normalized spacial score (nSPS) is 18.9. The fraction of sp³-hybridized carbons (Fsp3) is 0.778. The van der Waals surface area contributed by atoms with Gasteiger partial charge in [0.15, 0.2) is 5.82 Å². The van der Waals surface area contributed by atoms with Crippen molar-refractivity contribution < 1.29 is 0 Å². The standard InChI is InChI=1S/C9H16N4/c1-3-8-11-9(10)13(12-8)6(2)7-4-5-7/h6-7H,3-5H2,1-2H3,(H2,10,11,12). The molecule has 4 heteroatoms. The summed E-state index contributed by atoms with van der Waals surface area (Å²) in [6.07, 6.45) is 3.47. The molecule has 0 spiro atoms. The van der Waals surface area contributed by atoms with E-state index in [4.69, 9.17) is 5.73 Å². The van der Waals surface area contributed by atoms with E-state index in [1.165, 1.54) is 12.8 Å². The molecule has 0 amide bonds. The highest BCUT2D eigenvalue weighted by molar-refractivity contribution is 5.17. The molecule has 1 heterocycles. The fourth-order valence-electron chi connectivity index (χ4n) is 1.61. The summed E-state index contributed by atoms with van der Waals surface area (Å²) in [7, 11) is 0. The number of nitrogen functional groups attached to an aromatic ring is 1. The van der Waals surface area contributed by atoms with Gasteiger partial charge in [0.25, 0.3) is 0 Å². The van der Waals surface area contributed by atoms with Gasteiger partial charge in [0.2, 0.25) is 5.95 Å². The van der Waals surface area contributed by atoms with E-state index >= 15 is 0 Å². The van der Waals surface area contributed by atoms with E-state index in [1.54, 1.807) is 0 Å². The van der Waals surface area contributed by atoms with Crippen molar-refractivity contribution in [1.29, 1.82) is 0 Å². The van der Waals surface area contributed by atoms with Gasteiger partial charge in [0.05, 0.1) is 6.04 Å². The Morgan fingerprint density at radius 1 is 1.62 bits per heavy atom. The number of rotatable bonds is 3. The maximum atomic E-state index is 5.77. The van der Waals surface area contributed by atoms with Crippen molar-refractivity contribution in [2.24, 2.45) is 5.92 Å². The van der Waals surface area contributed by atoms with Gasteiger partial charge in [0.1, 0.15) is 0 Å². The first-order chi connectivity index (χ1) is 6.22. The van der Waals surface area contributed by atoms with Gasteiger partial charge in [-0.05, 0) is 25.7 Å². The molecule has 2 rings (SSSR count). The van der Waals surface area contributed by atoms with Crippen molar-refractivity contribution in [1.82, 2.24) is 14.8 Å². The molecule has 13 heavy (non-hydrogen) atoms. The van der Waals surface area contributed by atoms with Crippen LogP contribution in [-0.4, -0.2) is 14.8 Å². The summed E-state index contributed by atoms with van der Waals surface area (Å²) in [6.45, 7) is 4.21. The number of anilines is 1. The fourth-order valence-corrected chi connectivity index (χ4v) is 1.61. The Morgan fingerprint density at radius 3 is 2.77 bits per heavy atom. The summed E-state index contributed by atoms with van der Waals surface area (Å²) in [6, 6.07) is 0.424. The smallest absolute Gasteiger partial charge is 0.218 e. The minimum Gasteiger partial charge on any atom is -0.368 e. The first kappa shape index (κ1) is 8.53. The zero-order valence-corrected chi connectivity index (χ0v) is 8.20. The van der Waals surface area contributed by atoms with E-state index in [-0.39, 0.29) is 0 Å². The van der Waals surface area contributed by atoms with Gasteiger partial charge in [-0.3, -0.25) is 0 Å². The molecule has 4 nitrogen and oxygen atoms in total. The lowest BCUT2D eigenvalue weighted by Crippen LogP contribution is -2.12.